The molecule has 1 atom stereocenters. The number of nitrogens with one attached hydrogen (secondary N) is 1. The molecule has 0 aromatic carbocycles. The maximum absolute atomic E-state index is 11.6. The molecule has 94 valence electrons. The lowest BCUT2D eigenvalue weighted by Gasteiger charge is -2.10. The summed E-state index contributed by atoms with van der Waals surface area (Å²) < 4.78 is 4.78. The Hall–Kier alpha value is -1.85. The Morgan fingerprint density at radius 2 is 2.29 bits per heavy atom. The van der Waals surface area contributed by atoms with Crippen LogP contribution >= 0.6 is 0 Å². The van der Waals surface area contributed by atoms with Gasteiger partial charge in [0.05, 0.1) is 6.20 Å². The highest BCUT2D eigenvalue weighted by atomic mass is 16.5. The number of hydrogen-bond donors (Lipinski definition) is 2. The standard InChI is InChI=1S/C11H16N2O4/c1-7(3-4-10(14)15)5-12-11(16)9-6-13-17-8(9)2/h6-7H,3-5H2,1-2H3,(H,12,16)(H,14,15). The lowest BCUT2D eigenvalue weighted by Crippen LogP contribution is -2.28. The molecular formula is C11H16N2O4. The first-order valence-electron chi connectivity index (χ1n) is 5.42. The first-order chi connectivity index (χ1) is 8.00. The first-order valence-corrected chi connectivity index (χ1v) is 5.42. The number of carboxylic acid groups (broad SMARTS) is 1. The fraction of sp³-hybridized carbons (Fsp3) is 0.545. The first kappa shape index (κ1) is 13.2. The summed E-state index contributed by atoms with van der Waals surface area (Å²) in [6.45, 7) is 4.00. The molecule has 6 heteroatoms. The lowest BCUT2D eigenvalue weighted by molar-refractivity contribution is -0.137. The fourth-order valence-corrected chi connectivity index (χ4v) is 1.35. The number of rotatable bonds is 6. The molecule has 1 amide bonds. The van der Waals surface area contributed by atoms with Crippen LogP contribution in [0.3, 0.4) is 0 Å². The summed E-state index contributed by atoms with van der Waals surface area (Å²) in [7, 11) is 0. The van der Waals surface area contributed by atoms with Crippen molar-refractivity contribution in [1.82, 2.24) is 10.5 Å². The zero-order valence-corrected chi connectivity index (χ0v) is 9.90. The molecule has 1 heterocycles. The van der Waals surface area contributed by atoms with E-state index in [-0.39, 0.29) is 18.2 Å². The summed E-state index contributed by atoms with van der Waals surface area (Å²) in [5, 5.41) is 14.8. The van der Waals surface area contributed by atoms with Crippen molar-refractivity contribution in [2.24, 2.45) is 5.92 Å². The third-order valence-corrected chi connectivity index (χ3v) is 2.46. The van der Waals surface area contributed by atoms with Gasteiger partial charge in [0.25, 0.3) is 5.91 Å². The summed E-state index contributed by atoms with van der Waals surface area (Å²) in [6.07, 6.45) is 2.02. The van der Waals surface area contributed by atoms with Crippen molar-refractivity contribution >= 4 is 11.9 Å². The van der Waals surface area contributed by atoms with Gasteiger partial charge in [0, 0.05) is 13.0 Å². The molecule has 6 nitrogen and oxygen atoms in total. The third kappa shape index (κ3) is 4.26. The van der Waals surface area contributed by atoms with Crippen molar-refractivity contribution in [2.45, 2.75) is 26.7 Å². The summed E-state index contributed by atoms with van der Waals surface area (Å²) in [4.78, 5) is 22.0. The molecular weight excluding hydrogens is 224 g/mol. The van der Waals surface area contributed by atoms with E-state index in [1.54, 1.807) is 6.92 Å². The molecule has 0 aliphatic heterocycles. The van der Waals surface area contributed by atoms with Gasteiger partial charge in [0.15, 0.2) is 0 Å². The second kappa shape index (κ2) is 6.03. The van der Waals surface area contributed by atoms with E-state index < -0.39 is 5.97 Å². The number of carbonyl (C=O) groups is 2. The zero-order valence-electron chi connectivity index (χ0n) is 9.90. The van der Waals surface area contributed by atoms with Crippen molar-refractivity contribution in [1.29, 1.82) is 0 Å². The van der Waals surface area contributed by atoms with E-state index in [2.05, 4.69) is 10.5 Å². The van der Waals surface area contributed by atoms with Crippen molar-refractivity contribution in [3.63, 3.8) is 0 Å². The Balaban J connectivity index is 2.33. The van der Waals surface area contributed by atoms with Crippen molar-refractivity contribution in [2.75, 3.05) is 6.54 Å². The summed E-state index contributed by atoms with van der Waals surface area (Å²) in [5.41, 5.74) is 0.412. The van der Waals surface area contributed by atoms with Crippen molar-refractivity contribution in [3.05, 3.63) is 17.5 Å². The predicted molar refractivity (Wildman–Crippen MR) is 59.6 cm³/mol. The molecule has 1 unspecified atom stereocenters. The van der Waals surface area contributed by atoms with Gasteiger partial charge < -0.3 is 14.9 Å². The highest BCUT2D eigenvalue weighted by Gasteiger charge is 2.13. The van der Waals surface area contributed by atoms with Gasteiger partial charge in [-0.3, -0.25) is 9.59 Å². The molecule has 0 saturated carbocycles. The largest absolute Gasteiger partial charge is 0.481 e. The number of carbonyl (C=O) groups excluding carboxylic acids is 1. The Morgan fingerprint density at radius 3 is 2.82 bits per heavy atom. The van der Waals surface area contributed by atoms with E-state index >= 15 is 0 Å². The molecule has 0 spiro atoms. The Kier molecular flexibility index (Phi) is 4.68. The van der Waals surface area contributed by atoms with E-state index in [0.717, 1.165) is 0 Å². The van der Waals surface area contributed by atoms with E-state index in [1.807, 2.05) is 6.92 Å². The van der Waals surface area contributed by atoms with Gasteiger partial charge in [-0.15, -0.1) is 0 Å². The van der Waals surface area contributed by atoms with Crippen molar-refractivity contribution < 1.29 is 19.2 Å². The van der Waals surface area contributed by atoms with E-state index in [1.165, 1.54) is 6.20 Å². The monoisotopic (exact) mass is 240 g/mol. The average molecular weight is 240 g/mol. The molecule has 2 N–H and O–H groups in total. The van der Waals surface area contributed by atoms with Gasteiger partial charge >= 0.3 is 5.97 Å². The van der Waals surface area contributed by atoms with Gasteiger partial charge in [-0.05, 0) is 19.3 Å². The highest BCUT2D eigenvalue weighted by Crippen LogP contribution is 2.07. The zero-order chi connectivity index (χ0) is 12.8. The highest BCUT2D eigenvalue weighted by molar-refractivity contribution is 5.94. The number of aromatic nitrogens is 1. The fourth-order valence-electron chi connectivity index (χ4n) is 1.35. The maximum Gasteiger partial charge on any atom is 0.303 e. The van der Waals surface area contributed by atoms with Gasteiger partial charge in [-0.25, -0.2) is 0 Å². The van der Waals surface area contributed by atoms with Gasteiger partial charge in [0.2, 0.25) is 0 Å². The van der Waals surface area contributed by atoms with Crippen LogP contribution in [0.15, 0.2) is 10.7 Å². The van der Waals surface area contributed by atoms with Crippen LogP contribution in [0.4, 0.5) is 0 Å². The minimum absolute atomic E-state index is 0.114. The molecule has 0 fully saturated rings. The van der Waals surface area contributed by atoms with Crippen LogP contribution in [0.25, 0.3) is 0 Å². The topological polar surface area (TPSA) is 92.4 Å². The Labute approximate surface area is 99.0 Å². The van der Waals surface area contributed by atoms with Crippen LogP contribution in [0.2, 0.25) is 0 Å². The van der Waals surface area contributed by atoms with Crippen LogP contribution in [-0.2, 0) is 4.79 Å². The van der Waals surface area contributed by atoms with Gasteiger partial charge in [-0.1, -0.05) is 12.1 Å². The number of amides is 1. The second-order valence-corrected chi connectivity index (χ2v) is 4.04. The Bertz CT molecular complexity index is 400. The number of aryl methyl sites for hydroxylation is 1. The normalized spacial score (nSPS) is 12.1. The van der Waals surface area contributed by atoms with Crippen LogP contribution in [0.1, 0.15) is 35.9 Å². The molecule has 0 aliphatic rings. The quantitative estimate of drug-likeness (QED) is 0.779. The molecule has 1 aromatic heterocycles. The lowest BCUT2D eigenvalue weighted by atomic mass is 10.1. The van der Waals surface area contributed by atoms with Crippen LogP contribution in [-0.4, -0.2) is 28.7 Å². The average Bonchev–Trinajstić information content (AvgIpc) is 2.69. The van der Waals surface area contributed by atoms with E-state index in [0.29, 0.717) is 24.3 Å². The SMILES string of the molecule is Cc1oncc1C(=O)NCC(C)CCC(=O)O. The summed E-state index contributed by atoms with van der Waals surface area (Å²) in [5.74, 6) is -0.472. The Morgan fingerprint density at radius 1 is 1.59 bits per heavy atom. The van der Waals surface area contributed by atoms with Crippen LogP contribution in [0.5, 0.6) is 0 Å². The van der Waals surface area contributed by atoms with E-state index in [4.69, 9.17) is 9.63 Å². The predicted octanol–water partition coefficient (Wildman–Crippen LogP) is 1.21. The van der Waals surface area contributed by atoms with E-state index in [9.17, 15) is 9.59 Å². The molecule has 17 heavy (non-hydrogen) atoms. The summed E-state index contributed by atoms with van der Waals surface area (Å²) >= 11 is 0. The third-order valence-electron chi connectivity index (χ3n) is 2.46. The second-order valence-electron chi connectivity index (χ2n) is 4.04. The van der Waals surface area contributed by atoms with Gasteiger partial charge in [-0.2, -0.15) is 0 Å². The minimum atomic E-state index is -0.821. The number of nitrogens with zero attached hydrogens (tertiary/aromatic N) is 1. The summed E-state index contributed by atoms with van der Waals surface area (Å²) in [6, 6.07) is 0. The number of aliphatic carboxylic acids is 1. The molecule has 1 aromatic rings. The molecule has 0 aliphatic carbocycles. The maximum atomic E-state index is 11.6. The molecule has 0 saturated heterocycles. The molecule has 0 bridgehead atoms. The van der Waals surface area contributed by atoms with Crippen LogP contribution in [0, 0.1) is 12.8 Å². The number of carboxylic acids is 1. The molecule has 0 radical (unpaired) electrons. The minimum Gasteiger partial charge on any atom is -0.481 e. The van der Waals surface area contributed by atoms with Gasteiger partial charge in [0.1, 0.15) is 11.3 Å². The van der Waals surface area contributed by atoms with Crippen molar-refractivity contribution in [3.8, 4) is 0 Å². The molecule has 1 rings (SSSR count). The van der Waals surface area contributed by atoms with Crippen LogP contribution < -0.4 is 5.32 Å². The number of hydrogen-bond acceptors (Lipinski definition) is 4. The smallest absolute Gasteiger partial charge is 0.303 e.